The van der Waals surface area contributed by atoms with Crippen molar-refractivity contribution in [2.75, 3.05) is 0 Å². The van der Waals surface area contributed by atoms with Crippen LogP contribution in [0.15, 0.2) is 16.9 Å². The topological polar surface area (TPSA) is 32.9 Å². The zero-order valence-electron chi connectivity index (χ0n) is 9.77. The van der Waals surface area contributed by atoms with Gasteiger partial charge in [-0.1, -0.05) is 0 Å². The molecule has 0 unspecified atom stereocenters. The van der Waals surface area contributed by atoms with Gasteiger partial charge >= 0.3 is 0 Å². The number of aryl methyl sites for hydroxylation is 2. The summed E-state index contributed by atoms with van der Waals surface area (Å²) in [6.45, 7) is 1.79. The molecule has 17 heavy (non-hydrogen) atoms. The lowest BCUT2D eigenvalue weighted by molar-refractivity contribution is 0.627. The van der Waals surface area contributed by atoms with E-state index in [4.69, 9.17) is 0 Å². The van der Waals surface area contributed by atoms with E-state index in [1.807, 2.05) is 0 Å². The van der Waals surface area contributed by atoms with Crippen molar-refractivity contribution in [3.63, 3.8) is 0 Å². The van der Waals surface area contributed by atoms with Gasteiger partial charge in [0.1, 0.15) is 5.82 Å². The number of halogens is 1. The summed E-state index contributed by atoms with van der Waals surface area (Å²) in [7, 11) is 0. The maximum absolute atomic E-state index is 13.3. The normalized spacial score (nSPS) is 14.9. The van der Waals surface area contributed by atoms with Crippen LogP contribution in [0.4, 0.5) is 4.39 Å². The van der Waals surface area contributed by atoms with Crippen molar-refractivity contribution in [1.82, 2.24) is 4.98 Å². The minimum absolute atomic E-state index is 0.0888. The Kier molecular flexibility index (Phi) is 2.28. The van der Waals surface area contributed by atoms with Crippen molar-refractivity contribution in [1.29, 1.82) is 0 Å². The molecule has 1 N–H and O–H groups in total. The van der Waals surface area contributed by atoms with Crippen LogP contribution in [-0.4, -0.2) is 4.98 Å². The number of hydrogen-bond acceptors (Lipinski definition) is 1. The molecule has 88 valence electrons. The molecule has 0 fully saturated rings. The molecule has 0 spiro atoms. The second-order valence-corrected chi connectivity index (χ2v) is 4.76. The zero-order chi connectivity index (χ0) is 12.0. The molecular weight excluding hydrogens is 217 g/mol. The highest BCUT2D eigenvalue weighted by atomic mass is 19.1. The summed E-state index contributed by atoms with van der Waals surface area (Å²) < 4.78 is 13.3. The van der Waals surface area contributed by atoms with Gasteiger partial charge in [0.2, 0.25) is 0 Å². The van der Waals surface area contributed by atoms with Crippen LogP contribution in [0.2, 0.25) is 0 Å². The largest absolute Gasteiger partial charge is 0.358 e. The van der Waals surface area contributed by atoms with Crippen LogP contribution in [0.5, 0.6) is 0 Å². The standard InChI is InChI=1S/C14H14FNO/c1-8-6-9(15)7-12-13(8)14(17)10-4-2-3-5-11(10)16-12/h6-7H,2-5H2,1H3,(H,16,17). The molecule has 0 saturated carbocycles. The van der Waals surface area contributed by atoms with E-state index in [0.717, 1.165) is 42.5 Å². The van der Waals surface area contributed by atoms with E-state index in [0.29, 0.717) is 10.9 Å². The van der Waals surface area contributed by atoms with Gasteiger partial charge in [0.25, 0.3) is 0 Å². The predicted octanol–water partition coefficient (Wildman–Crippen LogP) is 2.85. The van der Waals surface area contributed by atoms with Crippen molar-refractivity contribution in [2.45, 2.75) is 32.6 Å². The molecule has 0 radical (unpaired) electrons. The zero-order valence-corrected chi connectivity index (χ0v) is 9.77. The van der Waals surface area contributed by atoms with Gasteiger partial charge in [0.15, 0.2) is 5.43 Å². The number of hydrogen-bond donors (Lipinski definition) is 1. The first-order chi connectivity index (χ1) is 8.16. The number of aromatic amines is 1. The van der Waals surface area contributed by atoms with Crippen LogP contribution in [0.1, 0.15) is 29.7 Å². The van der Waals surface area contributed by atoms with E-state index in [9.17, 15) is 9.18 Å². The van der Waals surface area contributed by atoms with E-state index < -0.39 is 0 Å². The van der Waals surface area contributed by atoms with Crippen LogP contribution in [-0.2, 0) is 12.8 Å². The molecule has 0 amide bonds. The van der Waals surface area contributed by atoms with Crippen LogP contribution in [0, 0.1) is 12.7 Å². The van der Waals surface area contributed by atoms with E-state index in [2.05, 4.69) is 4.98 Å². The van der Waals surface area contributed by atoms with Gasteiger partial charge in [0.05, 0.1) is 5.52 Å². The highest BCUT2D eigenvalue weighted by Gasteiger charge is 2.16. The Hall–Kier alpha value is -1.64. The molecule has 2 nitrogen and oxygen atoms in total. The van der Waals surface area contributed by atoms with Crippen LogP contribution < -0.4 is 5.43 Å². The van der Waals surface area contributed by atoms with Crippen LogP contribution >= 0.6 is 0 Å². The number of fused-ring (bicyclic) bond motifs is 2. The summed E-state index contributed by atoms with van der Waals surface area (Å²) in [5.74, 6) is -0.290. The fourth-order valence-corrected chi connectivity index (χ4v) is 2.75. The average molecular weight is 231 g/mol. The molecule has 1 aromatic heterocycles. The smallest absolute Gasteiger partial charge is 0.193 e. The molecule has 2 aromatic rings. The fourth-order valence-electron chi connectivity index (χ4n) is 2.75. The Morgan fingerprint density at radius 3 is 2.82 bits per heavy atom. The van der Waals surface area contributed by atoms with E-state index in [-0.39, 0.29) is 11.2 Å². The second-order valence-electron chi connectivity index (χ2n) is 4.76. The molecule has 1 heterocycles. The van der Waals surface area contributed by atoms with Gasteiger partial charge in [-0.25, -0.2) is 4.39 Å². The number of pyridine rings is 1. The Morgan fingerprint density at radius 1 is 1.24 bits per heavy atom. The van der Waals surface area contributed by atoms with E-state index in [1.54, 1.807) is 6.92 Å². The van der Waals surface area contributed by atoms with E-state index in [1.165, 1.54) is 12.1 Å². The number of benzene rings is 1. The average Bonchev–Trinajstić information content (AvgIpc) is 2.28. The number of H-pyrrole nitrogens is 1. The van der Waals surface area contributed by atoms with Crippen LogP contribution in [0.3, 0.4) is 0 Å². The van der Waals surface area contributed by atoms with Crippen molar-refractivity contribution in [2.24, 2.45) is 0 Å². The lowest BCUT2D eigenvalue weighted by atomic mass is 9.93. The lowest BCUT2D eigenvalue weighted by Crippen LogP contribution is -2.19. The quantitative estimate of drug-likeness (QED) is 0.743. The van der Waals surface area contributed by atoms with Crippen LogP contribution in [0.25, 0.3) is 10.9 Å². The highest BCUT2D eigenvalue weighted by Crippen LogP contribution is 2.22. The third-order valence-corrected chi connectivity index (χ3v) is 3.55. The molecule has 3 heteroatoms. The fraction of sp³-hybridized carbons (Fsp3) is 0.357. The number of nitrogens with one attached hydrogen (secondary N) is 1. The minimum atomic E-state index is -0.290. The maximum atomic E-state index is 13.3. The third kappa shape index (κ3) is 1.57. The number of rotatable bonds is 0. The van der Waals surface area contributed by atoms with Crippen molar-refractivity contribution >= 4 is 10.9 Å². The van der Waals surface area contributed by atoms with Gasteiger partial charge in [-0.3, -0.25) is 4.79 Å². The SMILES string of the molecule is Cc1cc(F)cc2[nH]c3c(c(=O)c12)CCCC3. The predicted molar refractivity (Wildman–Crippen MR) is 65.9 cm³/mol. The molecule has 0 aliphatic heterocycles. The summed E-state index contributed by atoms with van der Waals surface area (Å²) >= 11 is 0. The Labute approximate surface area is 98.5 Å². The second kappa shape index (κ2) is 3.69. The maximum Gasteiger partial charge on any atom is 0.193 e. The molecular formula is C14H14FNO. The summed E-state index contributed by atoms with van der Waals surface area (Å²) in [6, 6.07) is 2.84. The van der Waals surface area contributed by atoms with Crippen molar-refractivity contribution < 1.29 is 4.39 Å². The highest BCUT2D eigenvalue weighted by molar-refractivity contribution is 5.83. The van der Waals surface area contributed by atoms with Gasteiger partial charge in [-0.05, 0) is 50.3 Å². The lowest BCUT2D eigenvalue weighted by Gasteiger charge is -2.16. The summed E-state index contributed by atoms with van der Waals surface area (Å²) in [5, 5.41) is 0.645. The van der Waals surface area contributed by atoms with Crippen molar-refractivity contribution in [3.8, 4) is 0 Å². The first-order valence-electron chi connectivity index (χ1n) is 6.00. The molecule has 3 rings (SSSR count). The first kappa shape index (κ1) is 10.5. The molecule has 0 bridgehead atoms. The van der Waals surface area contributed by atoms with Crippen molar-refractivity contribution in [3.05, 3.63) is 45.0 Å². The third-order valence-electron chi connectivity index (χ3n) is 3.55. The van der Waals surface area contributed by atoms with E-state index >= 15 is 0 Å². The Morgan fingerprint density at radius 2 is 2.00 bits per heavy atom. The molecule has 1 aliphatic rings. The van der Waals surface area contributed by atoms with Gasteiger partial charge in [0, 0.05) is 16.6 Å². The molecule has 0 saturated heterocycles. The summed E-state index contributed by atoms with van der Waals surface area (Å²) in [4.78, 5) is 15.6. The van der Waals surface area contributed by atoms with Gasteiger partial charge < -0.3 is 4.98 Å². The molecule has 0 atom stereocenters. The minimum Gasteiger partial charge on any atom is -0.358 e. The summed E-state index contributed by atoms with van der Waals surface area (Å²) in [6.07, 6.45) is 3.91. The number of aromatic nitrogens is 1. The monoisotopic (exact) mass is 231 g/mol. The molecule has 1 aliphatic carbocycles. The first-order valence-corrected chi connectivity index (χ1v) is 6.00. The Bertz CT molecular complexity index is 657. The Balaban J connectivity index is 2.44. The molecule has 1 aromatic carbocycles. The van der Waals surface area contributed by atoms with Gasteiger partial charge in [-0.15, -0.1) is 0 Å². The van der Waals surface area contributed by atoms with Gasteiger partial charge in [-0.2, -0.15) is 0 Å². The summed E-state index contributed by atoms with van der Waals surface area (Å²) in [5.41, 5.74) is 3.34.